The van der Waals surface area contributed by atoms with Crippen molar-refractivity contribution in [2.24, 2.45) is 0 Å². The van der Waals surface area contributed by atoms with E-state index < -0.39 is 11.2 Å². The maximum Gasteiger partial charge on any atom is 0.272 e. The molecule has 0 radical (unpaired) electrons. The molecule has 1 aromatic heterocycles. The highest BCUT2D eigenvalue weighted by Gasteiger charge is 2.23. The lowest BCUT2D eigenvalue weighted by molar-refractivity contribution is -0.116. The molecule has 3 amide bonds. The van der Waals surface area contributed by atoms with Crippen molar-refractivity contribution in [3.63, 3.8) is 0 Å². The molecule has 3 N–H and O–H groups in total. The molecule has 0 spiro atoms. The number of anilines is 2. The maximum atomic E-state index is 13.6. The van der Waals surface area contributed by atoms with Gasteiger partial charge in [0.15, 0.2) is 0 Å². The second-order valence-corrected chi connectivity index (χ2v) is 12.7. The van der Waals surface area contributed by atoms with Gasteiger partial charge in [-0.2, -0.15) is 0 Å². The summed E-state index contributed by atoms with van der Waals surface area (Å²) in [5, 5.41) is 10.1. The van der Waals surface area contributed by atoms with E-state index in [0.29, 0.717) is 17.2 Å². The van der Waals surface area contributed by atoms with E-state index in [1.165, 1.54) is 28.7 Å². The van der Waals surface area contributed by atoms with Crippen LogP contribution in [0.15, 0.2) is 137 Å². The smallest absolute Gasteiger partial charge is 0.272 e. The van der Waals surface area contributed by atoms with Crippen LogP contribution in [-0.4, -0.2) is 17.7 Å². The molecule has 226 valence electrons. The van der Waals surface area contributed by atoms with Crippen molar-refractivity contribution in [2.75, 3.05) is 10.6 Å². The zero-order valence-electron chi connectivity index (χ0n) is 24.9. The second kappa shape index (κ2) is 15.2. The third kappa shape index (κ3) is 8.81. The molecule has 8 heteroatoms. The standard InChI is InChI=1S/C37H33N3O3S2/c1-25(2)26-18-20-29(21-19-26)38-37(43)34(27-11-5-3-6-12-27)45-32-16-9-15-30(23-32)39-36(42)33(24-31-17-10-22-44-31)40-35(41)28-13-7-4-8-14-28/h3-25,34H,1-2H3,(H,38,43)(H,39,42)(H,40,41)/b33-24-. The summed E-state index contributed by atoms with van der Waals surface area (Å²) in [4.78, 5) is 41.6. The summed E-state index contributed by atoms with van der Waals surface area (Å²) < 4.78 is 0. The number of amides is 3. The Balaban J connectivity index is 1.34. The first kappa shape index (κ1) is 31.5. The van der Waals surface area contributed by atoms with Crippen molar-refractivity contribution in [2.45, 2.75) is 29.9 Å². The van der Waals surface area contributed by atoms with E-state index in [4.69, 9.17) is 0 Å². The maximum absolute atomic E-state index is 13.6. The van der Waals surface area contributed by atoms with E-state index in [1.807, 2.05) is 96.4 Å². The average Bonchev–Trinajstić information content (AvgIpc) is 3.58. The molecule has 6 nitrogen and oxygen atoms in total. The predicted molar refractivity (Wildman–Crippen MR) is 185 cm³/mol. The van der Waals surface area contributed by atoms with Gasteiger partial charge in [-0.15, -0.1) is 23.1 Å². The normalized spacial score (nSPS) is 11.9. The zero-order valence-corrected chi connectivity index (χ0v) is 26.5. The summed E-state index contributed by atoms with van der Waals surface area (Å²) in [6.07, 6.45) is 1.66. The number of hydrogen-bond donors (Lipinski definition) is 3. The van der Waals surface area contributed by atoms with E-state index in [0.717, 1.165) is 21.0 Å². The summed E-state index contributed by atoms with van der Waals surface area (Å²) >= 11 is 2.85. The predicted octanol–water partition coefficient (Wildman–Crippen LogP) is 8.75. The topological polar surface area (TPSA) is 87.3 Å². The van der Waals surface area contributed by atoms with Gasteiger partial charge in [0, 0.05) is 26.7 Å². The summed E-state index contributed by atoms with van der Waals surface area (Å²) in [5.41, 5.74) is 3.89. The number of hydrogen-bond acceptors (Lipinski definition) is 5. The molecule has 0 aliphatic carbocycles. The van der Waals surface area contributed by atoms with E-state index in [2.05, 4.69) is 29.8 Å². The van der Waals surface area contributed by atoms with Gasteiger partial charge in [-0.3, -0.25) is 14.4 Å². The molecule has 0 bridgehead atoms. The highest BCUT2D eigenvalue weighted by molar-refractivity contribution is 8.00. The van der Waals surface area contributed by atoms with Crippen molar-refractivity contribution in [1.82, 2.24) is 5.32 Å². The van der Waals surface area contributed by atoms with Crippen LogP contribution in [0.2, 0.25) is 0 Å². The number of thioether (sulfide) groups is 1. The number of carbonyl (C=O) groups is 3. The lowest BCUT2D eigenvalue weighted by atomic mass is 10.0. The quantitative estimate of drug-likeness (QED) is 0.100. The van der Waals surface area contributed by atoms with Gasteiger partial charge in [-0.1, -0.05) is 86.6 Å². The number of nitrogens with one attached hydrogen (secondary N) is 3. The van der Waals surface area contributed by atoms with Gasteiger partial charge in [-0.05, 0) is 77.0 Å². The fourth-order valence-electron chi connectivity index (χ4n) is 4.50. The van der Waals surface area contributed by atoms with Crippen molar-refractivity contribution in [3.05, 3.63) is 154 Å². The third-order valence-electron chi connectivity index (χ3n) is 6.89. The SMILES string of the molecule is CC(C)c1ccc(NC(=O)C(Sc2cccc(NC(=O)/C(=C/c3cccs3)NC(=O)c3ccccc3)c2)c2ccccc2)cc1. The highest BCUT2D eigenvalue weighted by atomic mass is 32.2. The second-order valence-electron chi connectivity index (χ2n) is 10.6. The molecule has 0 fully saturated rings. The molecule has 1 heterocycles. The molecule has 5 rings (SSSR count). The average molecular weight is 632 g/mol. The Morgan fingerprint density at radius 2 is 1.42 bits per heavy atom. The monoisotopic (exact) mass is 631 g/mol. The van der Waals surface area contributed by atoms with Crippen molar-refractivity contribution in [1.29, 1.82) is 0 Å². The fraction of sp³-hybridized carbons (Fsp3) is 0.108. The fourth-order valence-corrected chi connectivity index (χ4v) is 6.24. The first-order valence-corrected chi connectivity index (χ1v) is 16.3. The van der Waals surface area contributed by atoms with E-state index in [9.17, 15) is 14.4 Å². The van der Waals surface area contributed by atoms with E-state index >= 15 is 0 Å². The minimum atomic E-state index is -0.540. The lowest BCUT2D eigenvalue weighted by Crippen LogP contribution is -2.30. The molecular weight excluding hydrogens is 599 g/mol. The van der Waals surface area contributed by atoms with Crippen LogP contribution in [0, 0.1) is 0 Å². The minimum Gasteiger partial charge on any atom is -0.325 e. The molecule has 0 saturated heterocycles. The van der Waals surface area contributed by atoms with Crippen molar-refractivity contribution in [3.8, 4) is 0 Å². The van der Waals surface area contributed by atoms with E-state index in [-0.39, 0.29) is 17.5 Å². The van der Waals surface area contributed by atoms with Crippen LogP contribution >= 0.6 is 23.1 Å². The first-order chi connectivity index (χ1) is 21.9. The molecule has 0 aliphatic rings. The van der Waals surface area contributed by atoms with Crippen molar-refractivity contribution >= 4 is 58.3 Å². The zero-order chi connectivity index (χ0) is 31.6. The van der Waals surface area contributed by atoms with Crippen LogP contribution in [-0.2, 0) is 9.59 Å². The Morgan fingerprint density at radius 3 is 2.09 bits per heavy atom. The van der Waals surface area contributed by atoms with Gasteiger partial charge in [0.25, 0.3) is 11.8 Å². The van der Waals surface area contributed by atoms with Crippen LogP contribution in [0.1, 0.15) is 51.4 Å². The number of thiophene rings is 1. The third-order valence-corrected chi connectivity index (χ3v) is 8.96. The van der Waals surface area contributed by atoms with Gasteiger partial charge >= 0.3 is 0 Å². The summed E-state index contributed by atoms with van der Waals surface area (Å²) in [6, 6.07) is 37.3. The molecule has 5 aromatic rings. The summed E-state index contributed by atoms with van der Waals surface area (Å²) in [5.74, 6) is -0.592. The molecule has 1 unspecified atom stereocenters. The van der Waals surface area contributed by atoms with Crippen LogP contribution in [0.25, 0.3) is 6.08 Å². The van der Waals surface area contributed by atoms with Crippen LogP contribution < -0.4 is 16.0 Å². The van der Waals surface area contributed by atoms with Gasteiger partial charge in [0.2, 0.25) is 5.91 Å². The van der Waals surface area contributed by atoms with Gasteiger partial charge in [0.05, 0.1) is 0 Å². The number of carbonyl (C=O) groups excluding carboxylic acids is 3. The largest absolute Gasteiger partial charge is 0.325 e. The van der Waals surface area contributed by atoms with Crippen molar-refractivity contribution < 1.29 is 14.4 Å². The Kier molecular flexibility index (Phi) is 10.6. The van der Waals surface area contributed by atoms with Crippen LogP contribution in [0.4, 0.5) is 11.4 Å². The number of benzene rings is 4. The first-order valence-electron chi connectivity index (χ1n) is 14.5. The Morgan fingerprint density at radius 1 is 0.711 bits per heavy atom. The molecule has 45 heavy (non-hydrogen) atoms. The lowest BCUT2D eigenvalue weighted by Gasteiger charge is -2.18. The Labute approximate surface area is 271 Å². The molecule has 1 atom stereocenters. The summed E-state index contributed by atoms with van der Waals surface area (Å²) in [6.45, 7) is 4.27. The van der Waals surface area contributed by atoms with E-state index in [1.54, 1.807) is 36.4 Å². The van der Waals surface area contributed by atoms with Crippen LogP contribution in [0.3, 0.4) is 0 Å². The Hall–Kier alpha value is -4.92. The van der Waals surface area contributed by atoms with Gasteiger partial charge in [0.1, 0.15) is 10.9 Å². The summed E-state index contributed by atoms with van der Waals surface area (Å²) in [7, 11) is 0. The van der Waals surface area contributed by atoms with Gasteiger partial charge in [-0.25, -0.2) is 0 Å². The number of rotatable bonds is 11. The molecule has 4 aromatic carbocycles. The van der Waals surface area contributed by atoms with Crippen LogP contribution in [0.5, 0.6) is 0 Å². The van der Waals surface area contributed by atoms with Gasteiger partial charge < -0.3 is 16.0 Å². The minimum absolute atomic E-state index is 0.120. The highest BCUT2D eigenvalue weighted by Crippen LogP contribution is 2.37. The molecule has 0 aliphatic heterocycles. The molecule has 0 saturated carbocycles. The Bertz CT molecular complexity index is 1770. The molecular formula is C37H33N3O3S2.